The molecule has 2 aromatic carbocycles. The SMILES string of the molecule is O=C(Nc1ccc(-n2cnnn2)cc1)[C@H]1CCCN(c2nc3ccccc3s2)C1. The molecule has 1 atom stereocenters. The highest BCUT2D eigenvalue weighted by molar-refractivity contribution is 7.22. The summed E-state index contributed by atoms with van der Waals surface area (Å²) in [6.07, 6.45) is 3.40. The van der Waals surface area contributed by atoms with E-state index in [2.05, 4.69) is 31.8 Å². The van der Waals surface area contributed by atoms with Crippen molar-refractivity contribution in [3.63, 3.8) is 0 Å². The van der Waals surface area contributed by atoms with Gasteiger partial charge in [-0.2, -0.15) is 0 Å². The average Bonchev–Trinajstić information content (AvgIpc) is 3.44. The third kappa shape index (κ3) is 3.68. The summed E-state index contributed by atoms with van der Waals surface area (Å²) in [5, 5.41) is 15.2. The van der Waals surface area contributed by atoms with E-state index in [-0.39, 0.29) is 11.8 Å². The molecule has 1 fully saturated rings. The monoisotopic (exact) mass is 405 g/mol. The van der Waals surface area contributed by atoms with Gasteiger partial charge in [-0.3, -0.25) is 4.79 Å². The van der Waals surface area contributed by atoms with E-state index >= 15 is 0 Å². The number of aromatic nitrogens is 5. The van der Waals surface area contributed by atoms with Crippen LogP contribution in [0.25, 0.3) is 15.9 Å². The maximum Gasteiger partial charge on any atom is 0.229 e. The van der Waals surface area contributed by atoms with Crippen molar-refractivity contribution in [2.75, 3.05) is 23.3 Å². The highest BCUT2D eigenvalue weighted by Gasteiger charge is 2.27. The van der Waals surface area contributed by atoms with Crippen LogP contribution in [-0.4, -0.2) is 44.2 Å². The summed E-state index contributed by atoms with van der Waals surface area (Å²) in [7, 11) is 0. The van der Waals surface area contributed by atoms with Gasteiger partial charge in [-0.25, -0.2) is 9.67 Å². The molecule has 0 radical (unpaired) electrons. The van der Waals surface area contributed by atoms with Crippen molar-refractivity contribution in [3.05, 3.63) is 54.9 Å². The summed E-state index contributed by atoms with van der Waals surface area (Å²) in [6.45, 7) is 1.62. The van der Waals surface area contributed by atoms with Crippen LogP contribution in [0.1, 0.15) is 12.8 Å². The largest absolute Gasteiger partial charge is 0.347 e. The van der Waals surface area contributed by atoms with Crippen LogP contribution in [0.3, 0.4) is 0 Å². The fourth-order valence-electron chi connectivity index (χ4n) is 3.58. The molecule has 8 nitrogen and oxygen atoms in total. The minimum atomic E-state index is -0.0602. The van der Waals surface area contributed by atoms with E-state index < -0.39 is 0 Å². The molecular formula is C20H19N7OS. The van der Waals surface area contributed by atoms with Crippen molar-refractivity contribution in [2.45, 2.75) is 12.8 Å². The molecule has 3 heterocycles. The van der Waals surface area contributed by atoms with E-state index in [9.17, 15) is 4.79 Å². The van der Waals surface area contributed by atoms with Crippen LogP contribution in [0, 0.1) is 5.92 Å². The molecule has 29 heavy (non-hydrogen) atoms. The van der Waals surface area contributed by atoms with Crippen LogP contribution in [0.4, 0.5) is 10.8 Å². The van der Waals surface area contributed by atoms with E-state index in [4.69, 9.17) is 4.98 Å². The quantitative estimate of drug-likeness (QED) is 0.561. The lowest BCUT2D eigenvalue weighted by Crippen LogP contribution is -2.40. The highest BCUT2D eigenvalue weighted by atomic mass is 32.1. The van der Waals surface area contributed by atoms with Crippen LogP contribution < -0.4 is 10.2 Å². The Labute approximate surface area is 171 Å². The zero-order valence-corrected chi connectivity index (χ0v) is 16.4. The Morgan fingerprint density at radius 2 is 2.00 bits per heavy atom. The van der Waals surface area contributed by atoms with Crippen molar-refractivity contribution in [1.29, 1.82) is 0 Å². The van der Waals surface area contributed by atoms with E-state index in [1.54, 1.807) is 16.0 Å². The number of tetrazole rings is 1. The Morgan fingerprint density at radius 3 is 2.79 bits per heavy atom. The van der Waals surface area contributed by atoms with E-state index in [0.29, 0.717) is 6.54 Å². The topological polar surface area (TPSA) is 88.8 Å². The molecule has 0 saturated carbocycles. The molecule has 4 aromatic rings. The average molecular weight is 405 g/mol. The minimum Gasteiger partial charge on any atom is -0.347 e. The summed E-state index contributed by atoms with van der Waals surface area (Å²) in [5.41, 5.74) is 2.62. The molecule has 0 bridgehead atoms. The zero-order chi connectivity index (χ0) is 19.6. The summed E-state index contributed by atoms with van der Waals surface area (Å²) in [4.78, 5) is 19.8. The van der Waals surface area contributed by atoms with Crippen molar-refractivity contribution >= 4 is 38.3 Å². The van der Waals surface area contributed by atoms with E-state index in [1.807, 2.05) is 42.5 Å². The minimum absolute atomic E-state index is 0.0472. The second kappa shape index (κ2) is 7.59. The van der Waals surface area contributed by atoms with Crippen LogP contribution in [0.2, 0.25) is 0 Å². The lowest BCUT2D eigenvalue weighted by Gasteiger charge is -2.31. The van der Waals surface area contributed by atoms with Gasteiger partial charge >= 0.3 is 0 Å². The number of hydrogen-bond donors (Lipinski definition) is 1. The third-order valence-electron chi connectivity index (χ3n) is 5.09. The van der Waals surface area contributed by atoms with E-state index in [1.165, 1.54) is 11.0 Å². The van der Waals surface area contributed by atoms with E-state index in [0.717, 1.165) is 41.4 Å². The number of para-hydroxylation sites is 1. The van der Waals surface area contributed by atoms with Crippen molar-refractivity contribution < 1.29 is 4.79 Å². The first kappa shape index (κ1) is 17.7. The van der Waals surface area contributed by atoms with Crippen LogP contribution in [0.15, 0.2) is 54.9 Å². The lowest BCUT2D eigenvalue weighted by atomic mass is 9.97. The van der Waals surface area contributed by atoms with Gasteiger partial charge in [0.05, 0.1) is 21.8 Å². The second-order valence-electron chi connectivity index (χ2n) is 7.04. The first-order valence-corrected chi connectivity index (χ1v) is 10.3. The number of nitrogens with zero attached hydrogens (tertiary/aromatic N) is 6. The Balaban J connectivity index is 1.26. The maximum atomic E-state index is 12.8. The Hall–Kier alpha value is -3.33. The summed E-state index contributed by atoms with van der Waals surface area (Å²) >= 11 is 1.69. The Kier molecular flexibility index (Phi) is 4.65. The number of anilines is 2. The number of hydrogen-bond acceptors (Lipinski definition) is 7. The number of nitrogens with one attached hydrogen (secondary N) is 1. The van der Waals surface area contributed by atoms with Crippen LogP contribution in [0.5, 0.6) is 0 Å². The molecule has 2 aromatic heterocycles. The molecule has 0 spiro atoms. The molecule has 0 aliphatic carbocycles. The predicted molar refractivity (Wildman–Crippen MR) is 112 cm³/mol. The third-order valence-corrected chi connectivity index (χ3v) is 6.19. The first-order chi connectivity index (χ1) is 14.3. The molecule has 1 N–H and O–H groups in total. The van der Waals surface area contributed by atoms with Gasteiger partial charge in [0, 0.05) is 18.8 Å². The number of rotatable bonds is 4. The number of piperidine rings is 1. The number of fused-ring (bicyclic) bond motifs is 1. The van der Waals surface area contributed by atoms with Gasteiger partial charge in [-0.05, 0) is 59.7 Å². The van der Waals surface area contributed by atoms with Crippen molar-refractivity contribution in [1.82, 2.24) is 25.2 Å². The van der Waals surface area contributed by atoms with Crippen molar-refractivity contribution in [3.8, 4) is 5.69 Å². The smallest absolute Gasteiger partial charge is 0.229 e. The number of carbonyl (C=O) groups is 1. The molecule has 5 rings (SSSR count). The molecule has 0 unspecified atom stereocenters. The fraction of sp³-hybridized carbons (Fsp3) is 0.250. The van der Waals surface area contributed by atoms with Crippen LogP contribution >= 0.6 is 11.3 Å². The van der Waals surface area contributed by atoms with Gasteiger partial charge < -0.3 is 10.2 Å². The number of amides is 1. The highest BCUT2D eigenvalue weighted by Crippen LogP contribution is 2.31. The van der Waals surface area contributed by atoms with Gasteiger partial charge in [-0.15, -0.1) is 5.10 Å². The molecule has 1 amide bonds. The standard InChI is InChI=1S/C20H19N7OS/c28-19(22-15-7-9-16(10-8-15)27-13-21-24-25-27)14-4-3-11-26(12-14)20-23-17-5-1-2-6-18(17)29-20/h1-2,5-10,13-14H,3-4,11-12H2,(H,22,28)/t14-/m0/s1. The molecule has 1 saturated heterocycles. The molecule has 9 heteroatoms. The number of carbonyl (C=O) groups excluding carboxylic acids is 1. The summed E-state index contributed by atoms with van der Waals surface area (Å²) < 4.78 is 2.75. The molecule has 146 valence electrons. The molecule has 1 aliphatic heterocycles. The number of thiazole rings is 1. The number of benzene rings is 2. The van der Waals surface area contributed by atoms with Crippen molar-refractivity contribution in [2.24, 2.45) is 5.92 Å². The maximum absolute atomic E-state index is 12.8. The van der Waals surface area contributed by atoms with Gasteiger partial charge in [0.15, 0.2) is 5.13 Å². The second-order valence-corrected chi connectivity index (χ2v) is 8.05. The van der Waals surface area contributed by atoms with Gasteiger partial charge in [-0.1, -0.05) is 23.5 Å². The normalized spacial score (nSPS) is 16.8. The molecule has 1 aliphatic rings. The fourth-order valence-corrected chi connectivity index (χ4v) is 4.58. The lowest BCUT2D eigenvalue weighted by molar-refractivity contribution is -0.120. The zero-order valence-electron chi connectivity index (χ0n) is 15.6. The van der Waals surface area contributed by atoms with Gasteiger partial charge in [0.1, 0.15) is 6.33 Å². The molecular weight excluding hydrogens is 386 g/mol. The predicted octanol–water partition coefficient (Wildman–Crippen LogP) is 3.13. The Bertz CT molecular complexity index is 1090. The van der Waals surface area contributed by atoms with Crippen LogP contribution in [-0.2, 0) is 4.79 Å². The van der Waals surface area contributed by atoms with Gasteiger partial charge in [0.25, 0.3) is 0 Å². The summed E-state index contributed by atoms with van der Waals surface area (Å²) in [6, 6.07) is 15.6. The van der Waals surface area contributed by atoms with Gasteiger partial charge in [0.2, 0.25) is 5.91 Å². The summed E-state index contributed by atoms with van der Waals surface area (Å²) in [5.74, 6) is -0.0130. The first-order valence-electron chi connectivity index (χ1n) is 9.51. The Morgan fingerprint density at radius 1 is 1.14 bits per heavy atom.